The molecule has 3 N–H and O–H groups in total. The summed E-state index contributed by atoms with van der Waals surface area (Å²) >= 11 is 24.6. The van der Waals surface area contributed by atoms with Gasteiger partial charge in [0.05, 0.1) is 5.02 Å². The van der Waals surface area contributed by atoms with Crippen LogP contribution in [0, 0.1) is 0 Å². The van der Waals surface area contributed by atoms with Crippen molar-refractivity contribution in [3.05, 3.63) is 91.4 Å². The number of halogens is 4. The maximum Gasteiger partial charge on any atom is 0.283 e. The normalized spacial score (nSPS) is 13.8. The Morgan fingerprint density at radius 1 is 0.759 bits per heavy atom. The Bertz CT molecular complexity index is 1170. The summed E-state index contributed by atoms with van der Waals surface area (Å²) in [4.78, 5) is 0. The molecule has 0 amide bonds. The molecule has 0 saturated heterocycles. The van der Waals surface area contributed by atoms with E-state index in [2.05, 4.69) is 0 Å². The van der Waals surface area contributed by atoms with Gasteiger partial charge in [-0.1, -0.05) is 70.7 Å². The van der Waals surface area contributed by atoms with Gasteiger partial charge in [-0.15, -0.1) is 0 Å². The molecule has 152 valence electrons. The van der Waals surface area contributed by atoms with Crippen molar-refractivity contribution < 1.29 is 23.2 Å². The Balaban J connectivity index is 2.66. The topological polar surface area (TPSA) is 94.8 Å². The van der Waals surface area contributed by atoms with E-state index in [-0.39, 0.29) is 36.8 Å². The number of rotatable bonds is 4. The molecule has 1 unspecified atom stereocenters. The van der Waals surface area contributed by atoms with Crippen LogP contribution in [0.15, 0.2) is 54.6 Å². The van der Waals surface area contributed by atoms with Crippen LogP contribution < -0.4 is 0 Å². The van der Waals surface area contributed by atoms with E-state index in [4.69, 9.17) is 46.4 Å². The second-order valence-corrected chi connectivity index (χ2v) is 9.22. The van der Waals surface area contributed by atoms with E-state index in [1.54, 1.807) is 6.07 Å². The quantitative estimate of drug-likeness (QED) is 0.311. The van der Waals surface area contributed by atoms with Crippen molar-refractivity contribution in [1.82, 2.24) is 0 Å². The molecule has 3 aromatic carbocycles. The number of phenols is 2. The molecule has 0 fully saturated rings. The van der Waals surface area contributed by atoms with E-state index in [0.29, 0.717) is 0 Å². The molecule has 10 heteroatoms. The van der Waals surface area contributed by atoms with Crippen LogP contribution in [0.1, 0.15) is 16.7 Å². The molecule has 0 radical (unpaired) electrons. The second-order valence-electron chi connectivity index (χ2n) is 6.06. The minimum absolute atomic E-state index is 0.0463. The summed E-state index contributed by atoms with van der Waals surface area (Å²) in [6.45, 7) is 0. The Morgan fingerprint density at radius 3 is 1.93 bits per heavy atom. The van der Waals surface area contributed by atoms with Gasteiger partial charge in [0.25, 0.3) is 10.1 Å². The van der Waals surface area contributed by atoms with Crippen LogP contribution in [0.2, 0.25) is 20.1 Å². The van der Waals surface area contributed by atoms with E-state index in [1.165, 1.54) is 36.4 Å². The molecular formula is C19H12Cl4O5S. The summed E-state index contributed by atoms with van der Waals surface area (Å²) in [5, 5.41) is 20.1. The van der Waals surface area contributed by atoms with Crippen LogP contribution >= 0.6 is 46.4 Å². The molecule has 3 aromatic rings. The van der Waals surface area contributed by atoms with Gasteiger partial charge in [0.1, 0.15) is 16.5 Å². The highest BCUT2D eigenvalue weighted by Crippen LogP contribution is 2.53. The van der Waals surface area contributed by atoms with Crippen molar-refractivity contribution in [2.24, 2.45) is 0 Å². The van der Waals surface area contributed by atoms with Gasteiger partial charge >= 0.3 is 0 Å². The van der Waals surface area contributed by atoms with Gasteiger partial charge in [-0.2, -0.15) is 8.42 Å². The lowest BCUT2D eigenvalue weighted by molar-refractivity contribution is 0.439. The molecule has 0 saturated carbocycles. The van der Waals surface area contributed by atoms with Gasteiger partial charge in [-0.3, -0.25) is 4.55 Å². The minimum atomic E-state index is -5.14. The largest absolute Gasteiger partial charge is 0.508 e. The SMILES string of the molecule is O=S(=O)(O)C(c1cc(O)c(Cl)c(Cl)c1)(c1ccccc1Cl)c1c(O)cccc1Cl. The van der Waals surface area contributed by atoms with E-state index in [0.717, 1.165) is 12.1 Å². The number of aromatic hydroxyl groups is 2. The average molecular weight is 494 g/mol. The van der Waals surface area contributed by atoms with Crippen molar-refractivity contribution in [3.63, 3.8) is 0 Å². The molecule has 5 nitrogen and oxygen atoms in total. The summed E-state index contributed by atoms with van der Waals surface area (Å²) in [6.07, 6.45) is 0. The van der Waals surface area contributed by atoms with E-state index >= 15 is 0 Å². The first-order chi connectivity index (χ1) is 13.5. The zero-order valence-corrected chi connectivity index (χ0v) is 18.1. The lowest BCUT2D eigenvalue weighted by Gasteiger charge is -2.34. The van der Waals surface area contributed by atoms with Gasteiger partial charge < -0.3 is 10.2 Å². The standard InChI is InChI=1S/C19H12Cl4O5S/c20-12-5-2-1-4-11(12)19(29(26,27)28,17-13(21)6-3-7-15(17)24)10-8-14(22)18(23)16(25)9-10/h1-9,24-25H,(H,26,27,28). The Labute approximate surface area is 186 Å². The van der Waals surface area contributed by atoms with Crippen molar-refractivity contribution in [2.75, 3.05) is 0 Å². The highest BCUT2D eigenvalue weighted by Gasteiger charge is 2.52. The van der Waals surface area contributed by atoms with Gasteiger partial charge in [-0.25, -0.2) is 0 Å². The summed E-state index contributed by atoms with van der Waals surface area (Å²) in [5.74, 6) is -1.07. The zero-order valence-electron chi connectivity index (χ0n) is 14.3. The first-order valence-corrected chi connectivity index (χ1v) is 10.9. The predicted molar refractivity (Wildman–Crippen MR) is 114 cm³/mol. The van der Waals surface area contributed by atoms with Gasteiger partial charge in [0.2, 0.25) is 0 Å². The second kappa shape index (κ2) is 7.87. The molecule has 0 aliphatic heterocycles. The van der Waals surface area contributed by atoms with Crippen molar-refractivity contribution in [2.45, 2.75) is 4.75 Å². The van der Waals surface area contributed by atoms with E-state index in [1.807, 2.05) is 0 Å². The molecule has 0 aliphatic rings. The van der Waals surface area contributed by atoms with Crippen molar-refractivity contribution >= 4 is 56.5 Å². The third kappa shape index (κ3) is 3.54. The number of hydrogen-bond acceptors (Lipinski definition) is 4. The highest BCUT2D eigenvalue weighted by molar-refractivity contribution is 7.87. The summed E-state index contributed by atoms with van der Waals surface area (Å²) in [5.41, 5.74) is -0.719. The number of phenolic OH excluding ortho intramolecular Hbond substituents is 2. The van der Waals surface area contributed by atoms with E-state index in [9.17, 15) is 23.2 Å². The highest BCUT2D eigenvalue weighted by atomic mass is 35.5. The van der Waals surface area contributed by atoms with Crippen LogP contribution in [0.3, 0.4) is 0 Å². The van der Waals surface area contributed by atoms with E-state index < -0.39 is 26.4 Å². The Morgan fingerprint density at radius 2 is 1.38 bits per heavy atom. The van der Waals surface area contributed by atoms with Crippen molar-refractivity contribution in [3.8, 4) is 11.5 Å². The molecule has 0 spiro atoms. The van der Waals surface area contributed by atoms with Gasteiger partial charge in [0.15, 0.2) is 4.75 Å². The molecule has 0 aromatic heterocycles. The Kier molecular flexibility index (Phi) is 5.98. The molecule has 0 heterocycles. The number of hydrogen-bond donors (Lipinski definition) is 3. The molecule has 0 aliphatic carbocycles. The average Bonchev–Trinajstić information content (AvgIpc) is 2.62. The first-order valence-electron chi connectivity index (χ1n) is 7.90. The van der Waals surface area contributed by atoms with Crippen molar-refractivity contribution in [1.29, 1.82) is 0 Å². The monoisotopic (exact) mass is 492 g/mol. The maximum absolute atomic E-state index is 13.0. The number of benzene rings is 3. The molecule has 0 bridgehead atoms. The van der Waals surface area contributed by atoms with Gasteiger partial charge in [-0.05, 0) is 35.9 Å². The van der Waals surface area contributed by atoms with Crippen LogP contribution in [-0.4, -0.2) is 23.2 Å². The van der Waals surface area contributed by atoms with Gasteiger partial charge in [0, 0.05) is 21.2 Å². The summed E-state index contributed by atoms with van der Waals surface area (Å²) in [7, 11) is -5.14. The first kappa shape index (κ1) is 22.0. The third-order valence-corrected chi connectivity index (χ3v) is 7.27. The summed E-state index contributed by atoms with van der Waals surface area (Å²) in [6, 6.07) is 11.9. The van der Waals surface area contributed by atoms with Crippen LogP contribution in [0.4, 0.5) is 0 Å². The fourth-order valence-corrected chi connectivity index (χ4v) is 5.61. The molecule has 3 rings (SSSR count). The lowest BCUT2D eigenvalue weighted by atomic mass is 9.83. The molecule has 1 atom stereocenters. The van der Waals surface area contributed by atoms with Crippen LogP contribution in [0.25, 0.3) is 0 Å². The lowest BCUT2D eigenvalue weighted by Crippen LogP contribution is -2.39. The van der Waals surface area contributed by atoms with Crippen LogP contribution in [0.5, 0.6) is 11.5 Å². The predicted octanol–water partition coefficient (Wildman–Crippen LogP) is 5.89. The third-order valence-electron chi connectivity index (χ3n) is 4.40. The summed E-state index contributed by atoms with van der Waals surface area (Å²) < 4.78 is 33.9. The Hall–Kier alpha value is -1.67. The minimum Gasteiger partial charge on any atom is -0.508 e. The smallest absolute Gasteiger partial charge is 0.283 e. The zero-order chi connectivity index (χ0) is 21.6. The molecule has 29 heavy (non-hydrogen) atoms. The maximum atomic E-state index is 13.0. The fraction of sp³-hybridized carbons (Fsp3) is 0.0526. The van der Waals surface area contributed by atoms with Crippen LogP contribution in [-0.2, 0) is 14.9 Å². The fourth-order valence-electron chi connectivity index (χ4n) is 3.24. The molecular weight excluding hydrogens is 482 g/mol.